The number of H-pyrrole nitrogens is 2. The van der Waals surface area contributed by atoms with Gasteiger partial charge in [0.1, 0.15) is 22.6 Å². The van der Waals surface area contributed by atoms with Crippen molar-refractivity contribution in [3.05, 3.63) is 106 Å². The molecule has 50 heavy (non-hydrogen) atoms. The monoisotopic (exact) mass is 648 g/mol. The van der Waals surface area contributed by atoms with E-state index in [0.717, 1.165) is 88.0 Å². The summed E-state index contributed by atoms with van der Waals surface area (Å²) in [6.45, 7) is 12.7. The fourth-order valence-electron chi connectivity index (χ4n) is 7.83. The molecule has 2 N–H and O–H groups in total. The van der Waals surface area contributed by atoms with Crippen LogP contribution in [-0.2, 0) is 0 Å². The molecule has 0 unspecified atom stereocenters. The van der Waals surface area contributed by atoms with E-state index in [-0.39, 0.29) is 0 Å². The van der Waals surface area contributed by atoms with Gasteiger partial charge in [0, 0.05) is 43.8 Å². The summed E-state index contributed by atoms with van der Waals surface area (Å²) < 4.78 is 0. The summed E-state index contributed by atoms with van der Waals surface area (Å²) in [5.41, 5.74) is 13.3. The number of nitrogens with zero attached hydrogens (tertiary/aromatic N) is 6. The lowest BCUT2D eigenvalue weighted by atomic mass is 9.98. The molecule has 0 radical (unpaired) electrons. The first-order chi connectivity index (χ1) is 24.2. The summed E-state index contributed by atoms with van der Waals surface area (Å²) in [6, 6.07) is 25.6. The third-order valence-electron chi connectivity index (χ3n) is 10.4. The summed E-state index contributed by atoms with van der Waals surface area (Å²) in [4.78, 5) is 38.7. The Balaban J connectivity index is 1.47. The minimum atomic E-state index is 0.620. The number of rotatable bonds is 0. The first kappa shape index (κ1) is 28.7. The summed E-state index contributed by atoms with van der Waals surface area (Å²) in [5.74, 6) is 2.49. The van der Waals surface area contributed by atoms with Gasteiger partial charge in [0.25, 0.3) is 0 Å². The third kappa shape index (κ3) is 3.99. The van der Waals surface area contributed by atoms with Gasteiger partial charge in [-0.25, -0.2) is 29.9 Å². The minimum Gasteiger partial charge on any atom is -0.324 e. The van der Waals surface area contributed by atoms with E-state index >= 15 is 0 Å². The number of hydrogen-bond acceptors (Lipinski definition) is 6. The van der Waals surface area contributed by atoms with Crippen LogP contribution >= 0.6 is 0 Å². The summed E-state index contributed by atoms with van der Waals surface area (Å²) in [5, 5.41) is 6.22. The van der Waals surface area contributed by atoms with Crippen LogP contribution in [0.1, 0.15) is 33.4 Å². The first-order valence-electron chi connectivity index (χ1n) is 16.9. The topological polar surface area (TPSA) is 109 Å². The molecule has 8 bridgehead atoms. The largest absolute Gasteiger partial charge is 0.324 e. The molecule has 0 spiro atoms. The van der Waals surface area contributed by atoms with E-state index in [1.807, 2.05) is 0 Å². The molecule has 8 aromatic rings. The second kappa shape index (κ2) is 10.1. The second-order valence-electron chi connectivity index (χ2n) is 13.7. The highest BCUT2D eigenvalue weighted by molar-refractivity contribution is 6.12. The van der Waals surface area contributed by atoms with Crippen molar-refractivity contribution in [1.82, 2.24) is 39.9 Å². The molecule has 2 aliphatic heterocycles. The van der Waals surface area contributed by atoms with Crippen LogP contribution in [0.2, 0.25) is 0 Å². The van der Waals surface area contributed by atoms with E-state index in [9.17, 15) is 0 Å². The zero-order valence-electron chi connectivity index (χ0n) is 28.6. The van der Waals surface area contributed by atoms with Crippen LogP contribution in [0.4, 0.5) is 0 Å². The molecule has 3 aromatic heterocycles. The van der Waals surface area contributed by atoms with Crippen LogP contribution in [0, 0.1) is 41.5 Å². The van der Waals surface area contributed by atoms with Gasteiger partial charge in [-0.3, -0.25) is 0 Å². The maximum absolute atomic E-state index is 5.29. The van der Waals surface area contributed by atoms with Crippen molar-refractivity contribution in [2.24, 2.45) is 0 Å². The van der Waals surface area contributed by atoms with Gasteiger partial charge in [-0.2, -0.15) is 0 Å². The molecule has 2 aliphatic rings. The van der Waals surface area contributed by atoms with E-state index in [0.29, 0.717) is 45.9 Å². The zero-order valence-corrected chi connectivity index (χ0v) is 28.6. The molecular formula is C42H32N8. The molecule has 0 saturated carbocycles. The van der Waals surface area contributed by atoms with E-state index in [2.05, 4.69) is 124 Å². The predicted molar refractivity (Wildman–Crippen MR) is 202 cm³/mol. The predicted octanol–water partition coefficient (Wildman–Crippen LogP) is 9.87. The number of hydrogen-bond donors (Lipinski definition) is 2. The fourth-order valence-corrected chi connectivity index (χ4v) is 7.83. The van der Waals surface area contributed by atoms with Crippen molar-refractivity contribution in [3.63, 3.8) is 0 Å². The number of aromatic amines is 2. The highest BCUT2D eigenvalue weighted by Gasteiger charge is 2.26. The zero-order chi connectivity index (χ0) is 34.0. The quantitative estimate of drug-likeness (QED) is 0.169. The molecule has 5 aromatic carbocycles. The van der Waals surface area contributed by atoms with Crippen molar-refractivity contribution in [2.75, 3.05) is 0 Å². The number of aryl methyl sites for hydroxylation is 6. The van der Waals surface area contributed by atoms with Crippen LogP contribution < -0.4 is 0 Å². The van der Waals surface area contributed by atoms with Crippen LogP contribution in [0.15, 0.2) is 72.8 Å². The Morgan fingerprint density at radius 2 is 0.680 bits per heavy atom. The first-order valence-corrected chi connectivity index (χ1v) is 16.9. The maximum Gasteiger partial charge on any atom is 0.165 e. The molecule has 0 fully saturated rings. The Kier molecular flexibility index (Phi) is 5.81. The van der Waals surface area contributed by atoms with Crippen molar-refractivity contribution in [2.45, 2.75) is 41.5 Å². The highest BCUT2D eigenvalue weighted by atomic mass is 15.1. The van der Waals surface area contributed by atoms with Gasteiger partial charge in [-0.05, 0) is 97.8 Å². The SMILES string of the molecule is Cc1ccc(C)c2c1-c1nc-2nc2[nH]c(nc3nc(nc4[nH]c(n1)c1cc5ccccc5cc41)-c1c(C)ccc(C)c1-3)c1c(C)ccc(C)c21. The molecular weight excluding hydrogens is 617 g/mol. The summed E-state index contributed by atoms with van der Waals surface area (Å²) >= 11 is 0. The Bertz CT molecular complexity index is 2800. The van der Waals surface area contributed by atoms with Crippen LogP contribution in [0.3, 0.4) is 0 Å². The van der Waals surface area contributed by atoms with Gasteiger partial charge in [0.15, 0.2) is 23.3 Å². The molecule has 10 rings (SSSR count). The Morgan fingerprint density at radius 1 is 0.360 bits per heavy atom. The molecule has 8 heteroatoms. The van der Waals surface area contributed by atoms with Crippen LogP contribution in [0.5, 0.6) is 0 Å². The number of aromatic nitrogens is 8. The van der Waals surface area contributed by atoms with E-state index in [4.69, 9.17) is 29.9 Å². The smallest absolute Gasteiger partial charge is 0.165 e. The molecule has 8 nitrogen and oxygen atoms in total. The molecule has 0 aliphatic carbocycles. The standard InChI is InChI=1S/C42H32N8/c1-19-11-13-21(3)31-29(19)37-44-35-27-17-25-9-7-8-10-26(25)18-28(27)36(43-35)45-38-30-20(2)12-14-22(4)32(30)40(47-38)49-42-34-24(6)16-15-23(5)33(34)41(50-42)48-39(31)46-37/h7-18H,1-6H3,(H2,43,44,45,46,47,48,49,50). The average molecular weight is 649 g/mol. The van der Waals surface area contributed by atoms with Gasteiger partial charge in [-0.1, -0.05) is 60.7 Å². The molecule has 0 saturated heterocycles. The third-order valence-corrected chi connectivity index (χ3v) is 10.4. The second-order valence-corrected chi connectivity index (χ2v) is 13.7. The number of benzene rings is 5. The van der Waals surface area contributed by atoms with Crippen molar-refractivity contribution < 1.29 is 0 Å². The van der Waals surface area contributed by atoms with E-state index in [1.54, 1.807) is 0 Å². The Morgan fingerprint density at radius 3 is 1.06 bits per heavy atom. The lowest BCUT2D eigenvalue weighted by Crippen LogP contribution is -1.90. The molecule has 0 atom stereocenters. The normalized spacial score (nSPS) is 12.2. The molecule has 0 amide bonds. The highest BCUT2D eigenvalue weighted by Crippen LogP contribution is 2.42. The average Bonchev–Trinajstić information content (AvgIpc) is 3.85. The van der Waals surface area contributed by atoms with E-state index < -0.39 is 0 Å². The minimum absolute atomic E-state index is 0.620. The van der Waals surface area contributed by atoms with Crippen molar-refractivity contribution in [1.29, 1.82) is 0 Å². The van der Waals surface area contributed by atoms with E-state index in [1.165, 1.54) is 0 Å². The van der Waals surface area contributed by atoms with Gasteiger partial charge < -0.3 is 9.97 Å². The Labute approximate surface area is 287 Å². The summed E-state index contributed by atoms with van der Waals surface area (Å²) in [7, 11) is 0. The maximum atomic E-state index is 5.29. The molecule has 5 heterocycles. The van der Waals surface area contributed by atoms with Crippen LogP contribution in [-0.4, -0.2) is 39.9 Å². The Hall–Kier alpha value is -6.28. The van der Waals surface area contributed by atoms with Crippen molar-refractivity contribution >= 4 is 54.9 Å². The van der Waals surface area contributed by atoms with Gasteiger partial charge in [-0.15, -0.1) is 0 Å². The fraction of sp³-hybridized carbons (Fsp3) is 0.143. The molecule has 240 valence electrons. The summed E-state index contributed by atoms with van der Waals surface area (Å²) in [6.07, 6.45) is 0. The van der Waals surface area contributed by atoms with Gasteiger partial charge >= 0.3 is 0 Å². The number of nitrogens with one attached hydrogen (secondary N) is 2. The van der Waals surface area contributed by atoms with Crippen molar-refractivity contribution in [3.8, 4) is 45.6 Å². The lowest BCUT2D eigenvalue weighted by molar-refractivity contribution is 1.19. The van der Waals surface area contributed by atoms with Crippen LogP contribution in [0.25, 0.3) is 100 Å². The van der Waals surface area contributed by atoms with Gasteiger partial charge in [0.2, 0.25) is 0 Å². The lowest BCUT2D eigenvalue weighted by Gasteiger charge is -2.06. The number of fused-ring (bicyclic) bond motifs is 21. The van der Waals surface area contributed by atoms with Gasteiger partial charge in [0.05, 0.1) is 0 Å².